The minimum Gasteiger partial charge on any atom is -0.329 e. The van der Waals surface area contributed by atoms with Crippen molar-refractivity contribution in [2.45, 2.75) is 48.7 Å². The van der Waals surface area contributed by atoms with Gasteiger partial charge >= 0.3 is 6.18 Å². The summed E-state index contributed by atoms with van der Waals surface area (Å²) in [5.74, 6) is -0.327. The summed E-state index contributed by atoms with van der Waals surface area (Å²) in [5, 5.41) is 21.3. The maximum Gasteiger partial charge on any atom is 0.417 e. The van der Waals surface area contributed by atoms with Gasteiger partial charge in [0, 0.05) is 24.7 Å². The predicted octanol–water partition coefficient (Wildman–Crippen LogP) is 1.11. The highest BCUT2D eigenvalue weighted by Crippen LogP contribution is 2.44. The van der Waals surface area contributed by atoms with E-state index >= 15 is 0 Å². The van der Waals surface area contributed by atoms with Gasteiger partial charge in [-0.15, -0.1) is 5.10 Å². The van der Waals surface area contributed by atoms with Gasteiger partial charge in [-0.3, -0.25) is 0 Å². The first-order valence-corrected chi connectivity index (χ1v) is 10.6. The average Bonchev–Trinajstić information content (AvgIpc) is 3.18. The molecule has 13 heteroatoms. The Hall–Kier alpha value is -2.09. The van der Waals surface area contributed by atoms with E-state index in [0.29, 0.717) is 31.5 Å². The Morgan fingerprint density at radius 2 is 1.90 bits per heavy atom. The molecule has 160 valence electrons. The number of aromatic amines is 1. The monoisotopic (exact) mass is 433 g/mol. The molecule has 1 aromatic carbocycles. The number of nitrogens with one attached hydrogen (secondary N) is 2. The van der Waals surface area contributed by atoms with Crippen LogP contribution in [0.4, 0.5) is 13.2 Å². The largest absolute Gasteiger partial charge is 0.417 e. The second-order valence-electron chi connectivity index (χ2n) is 6.99. The van der Waals surface area contributed by atoms with Crippen LogP contribution in [0.5, 0.6) is 0 Å². The fourth-order valence-corrected chi connectivity index (χ4v) is 4.85. The second kappa shape index (κ2) is 8.34. The third kappa shape index (κ3) is 4.74. The highest BCUT2D eigenvalue weighted by Gasteiger charge is 2.40. The van der Waals surface area contributed by atoms with Crippen molar-refractivity contribution in [3.8, 4) is 11.4 Å². The summed E-state index contributed by atoms with van der Waals surface area (Å²) in [7, 11) is -4.72. The first-order valence-electron chi connectivity index (χ1n) is 9.07. The molecule has 1 aromatic heterocycles. The average molecular weight is 433 g/mol. The molecule has 0 unspecified atom stereocenters. The van der Waals surface area contributed by atoms with Crippen molar-refractivity contribution in [2.75, 3.05) is 13.1 Å². The zero-order valence-electron chi connectivity index (χ0n) is 15.4. The van der Waals surface area contributed by atoms with E-state index in [0.717, 1.165) is 18.9 Å². The molecular weight excluding hydrogens is 411 g/mol. The van der Waals surface area contributed by atoms with E-state index < -0.39 is 26.7 Å². The van der Waals surface area contributed by atoms with Crippen LogP contribution in [0.3, 0.4) is 0 Å². The van der Waals surface area contributed by atoms with Crippen LogP contribution in [0, 0.1) is 0 Å². The van der Waals surface area contributed by atoms with E-state index in [1.54, 1.807) is 0 Å². The first-order chi connectivity index (χ1) is 13.6. The molecule has 6 N–H and O–H groups in total. The summed E-state index contributed by atoms with van der Waals surface area (Å²) in [6.07, 6.45) is -2.03. The van der Waals surface area contributed by atoms with Crippen LogP contribution in [-0.4, -0.2) is 48.2 Å². The summed E-state index contributed by atoms with van der Waals surface area (Å²) < 4.78 is 65.0. The number of sulfonamides is 1. The van der Waals surface area contributed by atoms with Crippen LogP contribution in [-0.2, 0) is 16.2 Å². The van der Waals surface area contributed by atoms with Crippen molar-refractivity contribution >= 4 is 10.0 Å². The van der Waals surface area contributed by atoms with Gasteiger partial charge in [0.1, 0.15) is 4.90 Å². The van der Waals surface area contributed by atoms with Gasteiger partial charge in [0.15, 0.2) is 5.82 Å². The molecule has 1 saturated carbocycles. The van der Waals surface area contributed by atoms with Gasteiger partial charge in [0.05, 0.1) is 5.56 Å². The van der Waals surface area contributed by atoms with Gasteiger partial charge in [0.25, 0.3) is 0 Å². The van der Waals surface area contributed by atoms with Gasteiger partial charge in [-0.2, -0.15) is 13.2 Å². The van der Waals surface area contributed by atoms with Crippen LogP contribution < -0.4 is 16.2 Å². The van der Waals surface area contributed by atoms with Crippen molar-refractivity contribution in [3.63, 3.8) is 0 Å². The quantitative estimate of drug-likeness (QED) is 0.532. The van der Waals surface area contributed by atoms with Gasteiger partial charge in [0.2, 0.25) is 10.0 Å². The molecule has 0 spiro atoms. The summed E-state index contributed by atoms with van der Waals surface area (Å²) >= 11 is 0. The molecule has 0 bridgehead atoms. The topological polar surface area (TPSA) is 153 Å². The standard InChI is InChI=1S/C16H22F3N7O2S/c17-16(18,19)12-6-5-11(9-1-3-10(4-2-9)22-8-7-20)13(14(12)29(21,27)28)15-23-25-26-24-15/h5-6,9-10,22H,1-4,7-8,20H2,(H2,21,27,28)(H,23,24,25,26)/t9-,10-. The Balaban J connectivity index is 2.09. The number of hydrogen-bond donors (Lipinski definition) is 4. The number of primary sulfonamides is 1. The molecule has 0 saturated heterocycles. The molecule has 0 aliphatic heterocycles. The Kier molecular flexibility index (Phi) is 6.22. The van der Waals surface area contributed by atoms with E-state index in [-0.39, 0.29) is 23.3 Å². The van der Waals surface area contributed by atoms with Crippen molar-refractivity contribution in [2.24, 2.45) is 10.9 Å². The van der Waals surface area contributed by atoms with E-state index in [9.17, 15) is 21.6 Å². The highest BCUT2D eigenvalue weighted by atomic mass is 32.2. The predicted molar refractivity (Wildman–Crippen MR) is 98.0 cm³/mol. The molecule has 1 aliphatic carbocycles. The minimum atomic E-state index is -4.91. The first kappa shape index (κ1) is 21.6. The van der Waals surface area contributed by atoms with E-state index in [2.05, 4.69) is 25.9 Å². The van der Waals surface area contributed by atoms with Crippen LogP contribution in [0.2, 0.25) is 0 Å². The fourth-order valence-electron chi connectivity index (χ4n) is 3.86. The normalized spacial score (nSPS) is 20.7. The third-order valence-corrected chi connectivity index (χ3v) is 6.10. The lowest BCUT2D eigenvalue weighted by molar-refractivity contribution is -0.139. The van der Waals surface area contributed by atoms with E-state index in [4.69, 9.17) is 10.9 Å². The zero-order valence-corrected chi connectivity index (χ0v) is 16.2. The number of alkyl halides is 3. The van der Waals surface area contributed by atoms with E-state index in [1.807, 2.05) is 0 Å². The fraction of sp³-hybridized carbons (Fsp3) is 0.562. The van der Waals surface area contributed by atoms with Gasteiger partial charge < -0.3 is 11.1 Å². The minimum absolute atomic E-state index is 0.159. The van der Waals surface area contributed by atoms with E-state index in [1.165, 1.54) is 6.07 Å². The van der Waals surface area contributed by atoms with Crippen molar-refractivity contribution in [1.29, 1.82) is 0 Å². The summed E-state index contributed by atoms with van der Waals surface area (Å²) in [6.45, 7) is 1.19. The Morgan fingerprint density at radius 1 is 1.21 bits per heavy atom. The number of rotatable bonds is 6. The van der Waals surface area contributed by atoms with Crippen LogP contribution in [0.15, 0.2) is 17.0 Å². The molecule has 3 rings (SSSR count). The Labute approximate surface area is 165 Å². The van der Waals surface area contributed by atoms with Crippen LogP contribution in [0.1, 0.15) is 42.7 Å². The van der Waals surface area contributed by atoms with Gasteiger partial charge in [-0.1, -0.05) is 6.07 Å². The van der Waals surface area contributed by atoms with Crippen molar-refractivity contribution < 1.29 is 21.6 Å². The van der Waals surface area contributed by atoms with Crippen LogP contribution in [0.25, 0.3) is 11.4 Å². The molecule has 9 nitrogen and oxygen atoms in total. The maximum atomic E-state index is 13.5. The summed E-state index contributed by atoms with van der Waals surface area (Å²) in [5.41, 5.74) is 4.37. The highest BCUT2D eigenvalue weighted by molar-refractivity contribution is 7.89. The number of H-pyrrole nitrogens is 1. The molecule has 0 amide bonds. The Morgan fingerprint density at radius 3 is 2.41 bits per heavy atom. The lowest BCUT2D eigenvalue weighted by Gasteiger charge is -2.31. The van der Waals surface area contributed by atoms with Crippen molar-refractivity contribution in [1.82, 2.24) is 25.9 Å². The molecule has 1 fully saturated rings. The number of nitrogens with two attached hydrogens (primary N) is 2. The summed E-state index contributed by atoms with van der Waals surface area (Å²) in [6, 6.07) is 2.33. The molecule has 2 aromatic rings. The van der Waals surface area contributed by atoms with Crippen molar-refractivity contribution in [3.05, 3.63) is 23.3 Å². The van der Waals surface area contributed by atoms with Crippen LogP contribution >= 0.6 is 0 Å². The molecule has 29 heavy (non-hydrogen) atoms. The number of aromatic nitrogens is 4. The summed E-state index contributed by atoms with van der Waals surface area (Å²) in [4.78, 5) is -1.01. The molecular formula is C16H22F3N7O2S. The second-order valence-corrected chi connectivity index (χ2v) is 8.49. The SMILES string of the molecule is NCCN[C@H]1CC[C@H](c2ccc(C(F)(F)F)c(S(N)(=O)=O)c2-c2nnn[nH]2)CC1. The molecule has 0 radical (unpaired) electrons. The van der Waals surface area contributed by atoms with Gasteiger partial charge in [-0.05, 0) is 53.7 Å². The number of tetrazole rings is 1. The lowest BCUT2D eigenvalue weighted by Crippen LogP contribution is -2.36. The zero-order chi connectivity index (χ0) is 21.2. The Bertz CT molecular complexity index is 940. The number of benzene rings is 1. The molecule has 1 heterocycles. The number of nitrogens with zero attached hydrogens (tertiary/aromatic N) is 3. The maximum absolute atomic E-state index is 13.5. The number of hydrogen-bond acceptors (Lipinski definition) is 7. The molecule has 0 atom stereocenters. The number of halogens is 3. The van der Waals surface area contributed by atoms with Gasteiger partial charge in [-0.25, -0.2) is 18.7 Å². The lowest BCUT2D eigenvalue weighted by atomic mass is 9.79. The molecule has 1 aliphatic rings. The third-order valence-electron chi connectivity index (χ3n) is 5.11. The smallest absolute Gasteiger partial charge is 0.329 e.